The van der Waals surface area contributed by atoms with E-state index in [1.807, 2.05) is 0 Å². The molecule has 0 aromatic heterocycles. The number of nitrogens with zero attached hydrogens (tertiary/aromatic N) is 1. The molecule has 0 aromatic carbocycles. The molecule has 1 heteroatoms. The lowest BCUT2D eigenvalue weighted by Gasteiger charge is -2.16. The van der Waals surface area contributed by atoms with Crippen LogP contribution in [0.15, 0.2) is 0 Å². The topological polar surface area (TPSA) is 3.24 Å². The van der Waals surface area contributed by atoms with Crippen LogP contribution in [0.2, 0.25) is 0 Å². The van der Waals surface area contributed by atoms with E-state index in [9.17, 15) is 0 Å². The second-order valence-electron chi connectivity index (χ2n) is 6.46. The number of hydrogen-bond acceptors (Lipinski definition) is 1. The normalized spacial score (nSPS) is 13.1. The summed E-state index contributed by atoms with van der Waals surface area (Å²) in [6.45, 7) is 9.59. The highest BCUT2D eigenvalue weighted by Gasteiger charge is 2.01. The Morgan fingerprint density at radius 1 is 0.684 bits per heavy atom. The molecule has 0 heterocycles. The van der Waals surface area contributed by atoms with Crippen LogP contribution in [0, 0.1) is 5.92 Å². The molecule has 0 rings (SSSR count). The minimum Gasteiger partial charge on any atom is -0.306 e. The highest BCUT2D eigenvalue weighted by molar-refractivity contribution is 4.56. The quantitative estimate of drug-likeness (QED) is 0.356. The van der Waals surface area contributed by atoms with E-state index in [1.165, 1.54) is 83.7 Å². The molecule has 0 N–H and O–H groups in total. The maximum Gasteiger partial charge on any atom is -0.00218 e. The van der Waals surface area contributed by atoms with Crippen molar-refractivity contribution in [3.8, 4) is 0 Å². The molecule has 0 aliphatic heterocycles. The highest BCUT2D eigenvalue weighted by atomic mass is 15.1. The number of hydrogen-bond donors (Lipinski definition) is 0. The third-order valence-electron chi connectivity index (χ3n) is 4.16. The predicted octanol–water partition coefficient (Wildman–Crippen LogP) is 5.89. The maximum absolute atomic E-state index is 2.52. The lowest BCUT2D eigenvalue weighted by Crippen LogP contribution is -2.20. The van der Waals surface area contributed by atoms with Gasteiger partial charge >= 0.3 is 0 Å². The predicted molar refractivity (Wildman–Crippen MR) is 88.8 cm³/mol. The van der Waals surface area contributed by atoms with Gasteiger partial charge in [0.15, 0.2) is 0 Å². The Balaban J connectivity index is 3.20. The molecule has 0 aliphatic carbocycles. The third-order valence-corrected chi connectivity index (χ3v) is 4.16. The average molecular weight is 270 g/mol. The molecule has 0 unspecified atom stereocenters. The van der Waals surface area contributed by atoms with Crippen LogP contribution < -0.4 is 0 Å². The first-order valence-corrected chi connectivity index (χ1v) is 8.89. The van der Waals surface area contributed by atoms with Crippen LogP contribution in [0.1, 0.15) is 91.4 Å². The molecule has 116 valence electrons. The van der Waals surface area contributed by atoms with Gasteiger partial charge in [0, 0.05) is 0 Å². The summed E-state index contributed by atoms with van der Waals surface area (Å²) in [7, 11) is 2.29. The Bertz CT molecular complexity index is 167. The maximum atomic E-state index is 2.52. The van der Waals surface area contributed by atoms with Crippen molar-refractivity contribution < 1.29 is 0 Å². The van der Waals surface area contributed by atoms with Gasteiger partial charge in [-0.25, -0.2) is 0 Å². The van der Waals surface area contributed by atoms with Crippen LogP contribution in [0.25, 0.3) is 0 Å². The Kier molecular flexibility index (Phi) is 14.3. The first-order chi connectivity index (χ1) is 9.20. The fourth-order valence-corrected chi connectivity index (χ4v) is 2.79. The van der Waals surface area contributed by atoms with Crippen LogP contribution >= 0.6 is 0 Å². The minimum atomic E-state index is 0.950. The second-order valence-corrected chi connectivity index (χ2v) is 6.46. The van der Waals surface area contributed by atoms with E-state index in [-0.39, 0.29) is 0 Å². The van der Waals surface area contributed by atoms with Crippen molar-refractivity contribution in [1.29, 1.82) is 0 Å². The van der Waals surface area contributed by atoms with Crippen molar-refractivity contribution in [2.45, 2.75) is 91.4 Å². The first-order valence-electron chi connectivity index (χ1n) is 8.89. The molecule has 0 saturated carbocycles. The van der Waals surface area contributed by atoms with Crippen LogP contribution in [0.4, 0.5) is 0 Å². The van der Waals surface area contributed by atoms with Gasteiger partial charge in [0.2, 0.25) is 0 Å². The molecule has 0 radical (unpaired) electrons. The fraction of sp³-hybridized carbons (Fsp3) is 1.00. The van der Waals surface area contributed by atoms with Crippen molar-refractivity contribution in [3.63, 3.8) is 0 Å². The van der Waals surface area contributed by atoms with Gasteiger partial charge in [-0.1, -0.05) is 78.6 Å². The molecule has 0 fully saturated rings. The van der Waals surface area contributed by atoms with E-state index in [0.717, 1.165) is 5.92 Å². The minimum absolute atomic E-state index is 0.950. The molecule has 1 nitrogen and oxygen atoms in total. The molecule has 0 spiro atoms. The summed E-state index contributed by atoms with van der Waals surface area (Å²) in [6.07, 6.45) is 15.5. The Morgan fingerprint density at radius 2 is 1.26 bits per heavy atom. The van der Waals surface area contributed by atoms with Crippen LogP contribution in [0.5, 0.6) is 0 Å². The Labute approximate surface area is 123 Å². The van der Waals surface area contributed by atoms with E-state index in [4.69, 9.17) is 0 Å². The van der Waals surface area contributed by atoms with E-state index in [0.29, 0.717) is 0 Å². The largest absolute Gasteiger partial charge is 0.306 e. The van der Waals surface area contributed by atoms with Gasteiger partial charge in [-0.3, -0.25) is 0 Å². The molecular formula is C18H39N. The molecule has 19 heavy (non-hydrogen) atoms. The van der Waals surface area contributed by atoms with Crippen molar-refractivity contribution in [3.05, 3.63) is 0 Å². The van der Waals surface area contributed by atoms with E-state index >= 15 is 0 Å². The number of rotatable bonds is 14. The highest BCUT2D eigenvalue weighted by Crippen LogP contribution is 2.15. The van der Waals surface area contributed by atoms with E-state index in [2.05, 4.69) is 32.7 Å². The lowest BCUT2D eigenvalue weighted by atomic mass is 9.98. The zero-order chi connectivity index (χ0) is 14.3. The summed E-state index contributed by atoms with van der Waals surface area (Å²) in [5, 5.41) is 0. The van der Waals surface area contributed by atoms with Crippen molar-refractivity contribution >= 4 is 0 Å². The Hall–Kier alpha value is -0.0400. The molecular weight excluding hydrogens is 230 g/mol. The molecule has 1 atom stereocenters. The molecule has 0 saturated heterocycles. The summed E-state index contributed by atoms with van der Waals surface area (Å²) in [5.41, 5.74) is 0. The van der Waals surface area contributed by atoms with E-state index in [1.54, 1.807) is 0 Å². The van der Waals surface area contributed by atoms with Crippen LogP contribution in [-0.2, 0) is 0 Å². The van der Waals surface area contributed by atoms with Gasteiger partial charge in [0.25, 0.3) is 0 Å². The second kappa shape index (κ2) is 14.4. The first kappa shape index (κ1) is 19.0. The Morgan fingerprint density at radius 3 is 1.84 bits per heavy atom. The van der Waals surface area contributed by atoms with Crippen LogP contribution in [0.3, 0.4) is 0 Å². The summed E-state index contributed by atoms with van der Waals surface area (Å²) in [5.74, 6) is 0.950. The average Bonchev–Trinajstić information content (AvgIpc) is 2.39. The lowest BCUT2D eigenvalue weighted by molar-refractivity contribution is 0.314. The van der Waals surface area contributed by atoms with Crippen LogP contribution in [-0.4, -0.2) is 25.0 Å². The van der Waals surface area contributed by atoms with Crippen molar-refractivity contribution in [1.82, 2.24) is 4.90 Å². The molecule has 0 bridgehead atoms. The van der Waals surface area contributed by atoms with Crippen molar-refractivity contribution in [2.24, 2.45) is 5.92 Å². The SMILES string of the molecule is CCCCCCN(C)CCCCCC[C@@H](C)CCC. The summed E-state index contributed by atoms with van der Waals surface area (Å²) in [4.78, 5) is 2.52. The standard InChI is InChI=1S/C18H39N/c1-5-7-8-12-16-19(4)17-13-10-9-11-15-18(3)14-6-2/h18H,5-17H2,1-4H3/t18-/m0/s1. The van der Waals surface area contributed by atoms with Gasteiger partial charge in [0.05, 0.1) is 0 Å². The smallest absolute Gasteiger partial charge is 0.00218 e. The van der Waals surface area contributed by atoms with Gasteiger partial charge in [-0.2, -0.15) is 0 Å². The summed E-state index contributed by atoms with van der Waals surface area (Å²) in [6, 6.07) is 0. The molecule has 0 aromatic rings. The molecule has 0 aliphatic rings. The van der Waals surface area contributed by atoms with Gasteiger partial charge < -0.3 is 4.90 Å². The zero-order valence-electron chi connectivity index (χ0n) is 14.2. The van der Waals surface area contributed by atoms with E-state index < -0.39 is 0 Å². The number of unbranched alkanes of at least 4 members (excludes halogenated alkanes) is 6. The third kappa shape index (κ3) is 14.2. The zero-order valence-corrected chi connectivity index (χ0v) is 14.2. The molecule has 0 amide bonds. The van der Waals surface area contributed by atoms with Gasteiger partial charge in [0.1, 0.15) is 0 Å². The summed E-state index contributed by atoms with van der Waals surface area (Å²) >= 11 is 0. The van der Waals surface area contributed by atoms with Crippen molar-refractivity contribution in [2.75, 3.05) is 20.1 Å². The van der Waals surface area contributed by atoms with Gasteiger partial charge in [-0.15, -0.1) is 0 Å². The monoisotopic (exact) mass is 269 g/mol. The fourth-order valence-electron chi connectivity index (χ4n) is 2.79. The summed E-state index contributed by atoms with van der Waals surface area (Å²) < 4.78 is 0. The van der Waals surface area contributed by atoms with Gasteiger partial charge in [-0.05, 0) is 38.9 Å².